The van der Waals surface area contributed by atoms with Crippen LogP contribution < -0.4 is 5.73 Å². The molecule has 1 fully saturated rings. The summed E-state index contributed by atoms with van der Waals surface area (Å²) in [5.41, 5.74) is 6.81. The first kappa shape index (κ1) is 14.2. The molecular formula is C15H21ClN2O. The molecule has 0 aliphatic carbocycles. The fourth-order valence-corrected chi connectivity index (χ4v) is 3.16. The van der Waals surface area contributed by atoms with Gasteiger partial charge < -0.3 is 10.6 Å². The van der Waals surface area contributed by atoms with Gasteiger partial charge in [-0.05, 0) is 37.3 Å². The van der Waals surface area contributed by atoms with Gasteiger partial charge in [0.2, 0.25) is 0 Å². The number of anilines is 1. The molecule has 3 unspecified atom stereocenters. The molecule has 0 spiro atoms. The number of amides is 1. The van der Waals surface area contributed by atoms with Crippen LogP contribution in [0.25, 0.3) is 0 Å². The summed E-state index contributed by atoms with van der Waals surface area (Å²) in [5.74, 6) is 0.962. The predicted molar refractivity (Wildman–Crippen MR) is 79.3 cm³/mol. The number of carbonyl (C=O) groups is 1. The lowest BCUT2D eigenvalue weighted by Gasteiger charge is -2.41. The molecular weight excluding hydrogens is 260 g/mol. The average Bonchev–Trinajstić information content (AvgIpc) is 2.33. The molecule has 1 amide bonds. The van der Waals surface area contributed by atoms with E-state index >= 15 is 0 Å². The number of hydrogen-bond donors (Lipinski definition) is 1. The van der Waals surface area contributed by atoms with Crippen LogP contribution in [0.1, 0.15) is 37.6 Å². The lowest BCUT2D eigenvalue weighted by Crippen LogP contribution is -2.49. The molecule has 1 aliphatic rings. The van der Waals surface area contributed by atoms with Gasteiger partial charge in [-0.3, -0.25) is 4.79 Å². The Morgan fingerprint density at radius 1 is 1.37 bits per heavy atom. The van der Waals surface area contributed by atoms with Gasteiger partial charge in [0.25, 0.3) is 5.91 Å². The zero-order chi connectivity index (χ0) is 14.2. The molecule has 1 saturated heterocycles. The summed E-state index contributed by atoms with van der Waals surface area (Å²) < 4.78 is 0. The number of rotatable bonds is 1. The number of benzene rings is 1. The molecule has 1 aliphatic heterocycles. The number of carbonyl (C=O) groups excluding carboxylic acids is 1. The second-order valence-electron chi connectivity index (χ2n) is 5.72. The monoisotopic (exact) mass is 280 g/mol. The Kier molecular flexibility index (Phi) is 4.04. The zero-order valence-electron chi connectivity index (χ0n) is 11.7. The predicted octanol–water partition coefficient (Wildman–Crippen LogP) is 3.43. The normalized spacial score (nSPS) is 27.4. The maximum absolute atomic E-state index is 12.7. The van der Waals surface area contributed by atoms with Crippen molar-refractivity contribution < 1.29 is 4.79 Å². The van der Waals surface area contributed by atoms with Crippen molar-refractivity contribution in [3.63, 3.8) is 0 Å². The SMILES string of the molecule is CC1CC(C)C(C)N(C(=O)c2c(N)cccc2Cl)C1. The van der Waals surface area contributed by atoms with Crippen LogP contribution in [0.2, 0.25) is 5.02 Å². The Morgan fingerprint density at radius 3 is 2.68 bits per heavy atom. The summed E-state index contributed by atoms with van der Waals surface area (Å²) >= 11 is 6.14. The van der Waals surface area contributed by atoms with E-state index in [1.807, 2.05) is 4.90 Å². The van der Waals surface area contributed by atoms with Crippen LogP contribution in [-0.2, 0) is 0 Å². The lowest BCUT2D eigenvalue weighted by atomic mass is 9.85. The van der Waals surface area contributed by atoms with Gasteiger partial charge in [-0.1, -0.05) is 31.5 Å². The molecule has 1 aromatic carbocycles. The second kappa shape index (κ2) is 5.41. The highest BCUT2D eigenvalue weighted by Gasteiger charge is 2.33. The van der Waals surface area contributed by atoms with E-state index in [0.717, 1.165) is 13.0 Å². The van der Waals surface area contributed by atoms with Crippen molar-refractivity contribution in [3.05, 3.63) is 28.8 Å². The van der Waals surface area contributed by atoms with Crippen LogP contribution in [0.5, 0.6) is 0 Å². The molecule has 0 saturated carbocycles. The Morgan fingerprint density at radius 2 is 2.05 bits per heavy atom. The van der Waals surface area contributed by atoms with Gasteiger partial charge in [-0.25, -0.2) is 0 Å². The van der Waals surface area contributed by atoms with Crippen molar-refractivity contribution in [2.24, 2.45) is 11.8 Å². The topological polar surface area (TPSA) is 46.3 Å². The van der Waals surface area contributed by atoms with Gasteiger partial charge in [0.15, 0.2) is 0 Å². The molecule has 2 N–H and O–H groups in total. The van der Waals surface area contributed by atoms with Gasteiger partial charge in [0.1, 0.15) is 0 Å². The largest absolute Gasteiger partial charge is 0.398 e. The number of piperidine rings is 1. The molecule has 1 aromatic rings. The van der Waals surface area contributed by atoms with E-state index < -0.39 is 0 Å². The summed E-state index contributed by atoms with van der Waals surface area (Å²) in [7, 11) is 0. The van der Waals surface area contributed by atoms with Crippen LogP contribution in [-0.4, -0.2) is 23.4 Å². The summed E-state index contributed by atoms with van der Waals surface area (Å²) in [6.07, 6.45) is 1.16. The van der Waals surface area contributed by atoms with Gasteiger partial charge in [-0.15, -0.1) is 0 Å². The highest BCUT2D eigenvalue weighted by Crippen LogP contribution is 2.31. The molecule has 1 heterocycles. The van der Waals surface area contributed by atoms with E-state index in [2.05, 4.69) is 20.8 Å². The van der Waals surface area contributed by atoms with Gasteiger partial charge >= 0.3 is 0 Å². The lowest BCUT2D eigenvalue weighted by molar-refractivity contribution is 0.0457. The van der Waals surface area contributed by atoms with Crippen molar-refractivity contribution in [1.29, 1.82) is 0 Å². The third-order valence-electron chi connectivity index (χ3n) is 4.12. The minimum absolute atomic E-state index is 0.0472. The quantitative estimate of drug-likeness (QED) is 0.801. The number of nitrogens with zero attached hydrogens (tertiary/aromatic N) is 1. The van der Waals surface area contributed by atoms with Crippen LogP contribution >= 0.6 is 11.6 Å². The fourth-order valence-electron chi connectivity index (χ4n) is 2.89. The Bertz CT molecular complexity index is 469. The van der Waals surface area contributed by atoms with Crippen molar-refractivity contribution in [2.45, 2.75) is 33.2 Å². The number of hydrogen-bond acceptors (Lipinski definition) is 2. The summed E-state index contributed by atoms with van der Waals surface area (Å²) in [4.78, 5) is 14.6. The van der Waals surface area contributed by atoms with Crippen LogP contribution in [0.4, 0.5) is 5.69 Å². The second-order valence-corrected chi connectivity index (χ2v) is 6.13. The smallest absolute Gasteiger partial charge is 0.257 e. The minimum Gasteiger partial charge on any atom is -0.398 e. The van der Waals surface area contributed by atoms with E-state index in [4.69, 9.17) is 17.3 Å². The Labute approximate surface area is 119 Å². The highest BCUT2D eigenvalue weighted by atomic mass is 35.5. The fraction of sp³-hybridized carbons (Fsp3) is 0.533. The van der Waals surface area contributed by atoms with Crippen LogP contribution in [0.15, 0.2) is 18.2 Å². The molecule has 3 atom stereocenters. The third-order valence-corrected chi connectivity index (χ3v) is 4.43. The maximum atomic E-state index is 12.7. The summed E-state index contributed by atoms with van der Waals surface area (Å²) in [5, 5.41) is 0.433. The molecule has 0 aromatic heterocycles. The van der Waals surface area contributed by atoms with E-state index in [9.17, 15) is 4.79 Å². The first-order chi connectivity index (χ1) is 8.91. The average molecular weight is 281 g/mol. The molecule has 0 bridgehead atoms. The van der Waals surface area contributed by atoms with E-state index in [-0.39, 0.29) is 11.9 Å². The molecule has 2 rings (SSSR count). The van der Waals surface area contributed by atoms with Gasteiger partial charge in [-0.2, -0.15) is 0 Å². The number of nitrogens with two attached hydrogens (primary N) is 1. The maximum Gasteiger partial charge on any atom is 0.257 e. The van der Waals surface area contributed by atoms with Gasteiger partial charge in [0.05, 0.1) is 10.6 Å². The van der Waals surface area contributed by atoms with E-state index in [1.54, 1.807) is 18.2 Å². The minimum atomic E-state index is -0.0472. The Balaban J connectivity index is 2.33. The number of nitrogen functional groups attached to an aromatic ring is 1. The molecule has 19 heavy (non-hydrogen) atoms. The van der Waals surface area contributed by atoms with E-state index in [0.29, 0.717) is 28.1 Å². The molecule has 104 valence electrons. The third kappa shape index (κ3) is 2.71. The van der Waals surface area contributed by atoms with Crippen molar-refractivity contribution in [3.8, 4) is 0 Å². The summed E-state index contributed by atoms with van der Waals surface area (Å²) in [6.45, 7) is 7.24. The standard InChI is InChI=1S/C15H21ClN2O/c1-9-7-10(2)11(3)18(8-9)15(19)14-12(16)5-4-6-13(14)17/h4-6,9-11H,7-8,17H2,1-3H3. The molecule has 0 radical (unpaired) electrons. The molecule has 3 nitrogen and oxygen atoms in total. The number of likely N-dealkylation sites (tertiary alicyclic amines) is 1. The molecule has 4 heteroatoms. The van der Waals surface area contributed by atoms with Crippen molar-refractivity contribution >= 4 is 23.2 Å². The highest BCUT2D eigenvalue weighted by molar-refractivity contribution is 6.34. The summed E-state index contributed by atoms with van der Waals surface area (Å²) in [6, 6.07) is 5.42. The van der Waals surface area contributed by atoms with Gasteiger partial charge in [0, 0.05) is 18.3 Å². The van der Waals surface area contributed by atoms with Crippen LogP contribution in [0, 0.1) is 11.8 Å². The zero-order valence-corrected chi connectivity index (χ0v) is 12.4. The first-order valence-electron chi connectivity index (χ1n) is 6.76. The van der Waals surface area contributed by atoms with Crippen LogP contribution in [0.3, 0.4) is 0 Å². The van der Waals surface area contributed by atoms with E-state index in [1.165, 1.54) is 0 Å². The Hall–Kier alpha value is -1.22. The number of halogens is 1. The van der Waals surface area contributed by atoms with Crippen molar-refractivity contribution in [2.75, 3.05) is 12.3 Å². The first-order valence-corrected chi connectivity index (χ1v) is 7.14. The van der Waals surface area contributed by atoms with Crippen molar-refractivity contribution in [1.82, 2.24) is 4.90 Å².